The van der Waals surface area contributed by atoms with E-state index >= 15 is 0 Å². The van der Waals surface area contributed by atoms with Crippen LogP contribution in [0.1, 0.15) is 13.3 Å². The number of rotatable bonds is 7. The van der Waals surface area contributed by atoms with Crippen molar-refractivity contribution in [1.29, 1.82) is 0 Å². The van der Waals surface area contributed by atoms with Gasteiger partial charge in [0.05, 0.1) is 5.69 Å². The third-order valence-corrected chi connectivity index (χ3v) is 3.15. The van der Waals surface area contributed by atoms with Crippen molar-refractivity contribution >= 4 is 11.8 Å². The van der Waals surface area contributed by atoms with Crippen LogP contribution in [-0.4, -0.2) is 35.6 Å². The van der Waals surface area contributed by atoms with E-state index in [2.05, 4.69) is 15.7 Å². The predicted molar refractivity (Wildman–Crippen MR) is 86.8 cm³/mol. The van der Waals surface area contributed by atoms with Crippen LogP contribution in [0.4, 0.5) is 10.6 Å². The first kappa shape index (κ1) is 16.0. The lowest BCUT2D eigenvalue weighted by Crippen LogP contribution is -2.30. The number of anilines is 1. The largest absolute Gasteiger partial charge is 0.382 e. The maximum atomic E-state index is 11.8. The summed E-state index contributed by atoms with van der Waals surface area (Å²) in [5.41, 5.74) is 2.01. The number of carbonyl (C=O) groups is 1. The summed E-state index contributed by atoms with van der Waals surface area (Å²) in [5, 5.41) is 9.82. The number of nitrogens with zero attached hydrogens (tertiary/aromatic N) is 2. The van der Waals surface area contributed by atoms with Crippen molar-refractivity contribution in [3.63, 3.8) is 0 Å². The zero-order valence-electron chi connectivity index (χ0n) is 13.0. The second-order valence-electron chi connectivity index (χ2n) is 4.84. The minimum atomic E-state index is -0.255. The molecule has 2 rings (SSSR count). The Bertz CT molecular complexity index is 595. The van der Waals surface area contributed by atoms with Crippen LogP contribution in [0.25, 0.3) is 11.3 Å². The topological polar surface area (TPSA) is 68.2 Å². The highest BCUT2D eigenvalue weighted by molar-refractivity contribution is 5.88. The van der Waals surface area contributed by atoms with Crippen LogP contribution >= 0.6 is 0 Å². The molecule has 0 spiro atoms. The van der Waals surface area contributed by atoms with E-state index < -0.39 is 0 Å². The molecule has 0 radical (unpaired) electrons. The average Bonchev–Trinajstić information content (AvgIpc) is 2.88. The number of carbonyl (C=O) groups excluding carboxylic acids is 1. The molecule has 1 aromatic carbocycles. The Morgan fingerprint density at radius 2 is 2.09 bits per heavy atom. The Balaban J connectivity index is 1.87. The van der Waals surface area contributed by atoms with Crippen LogP contribution in [0.2, 0.25) is 0 Å². The standard InChI is InChI=1S/C16H22N4O2/c1-3-22-11-7-10-17-16(21)18-15-12-14(20(2)19-15)13-8-5-4-6-9-13/h4-6,8-9,12H,3,7,10-11H2,1-2H3,(H2,17,18,19,21). The summed E-state index contributed by atoms with van der Waals surface area (Å²) in [6.07, 6.45) is 0.790. The summed E-state index contributed by atoms with van der Waals surface area (Å²) in [4.78, 5) is 11.8. The number of urea groups is 1. The quantitative estimate of drug-likeness (QED) is 0.773. The van der Waals surface area contributed by atoms with E-state index in [0.29, 0.717) is 25.6 Å². The molecule has 0 aliphatic carbocycles. The van der Waals surface area contributed by atoms with Gasteiger partial charge in [0.15, 0.2) is 5.82 Å². The number of hydrogen-bond donors (Lipinski definition) is 2. The minimum absolute atomic E-state index is 0.255. The third-order valence-electron chi connectivity index (χ3n) is 3.15. The number of ether oxygens (including phenoxy) is 1. The van der Waals surface area contributed by atoms with Gasteiger partial charge in [-0.25, -0.2) is 4.79 Å². The number of nitrogens with one attached hydrogen (secondary N) is 2. The molecule has 1 heterocycles. The molecule has 1 aromatic heterocycles. The van der Waals surface area contributed by atoms with Crippen molar-refractivity contribution in [2.45, 2.75) is 13.3 Å². The molecule has 0 aliphatic heterocycles. The van der Waals surface area contributed by atoms with E-state index in [4.69, 9.17) is 4.74 Å². The van der Waals surface area contributed by atoms with Gasteiger partial charge in [0.1, 0.15) is 0 Å². The van der Waals surface area contributed by atoms with Gasteiger partial charge in [0.2, 0.25) is 0 Å². The Labute approximate surface area is 130 Å². The fraction of sp³-hybridized carbons (Fsp3) is 0.375. The Morgan fingerprint density at radius 3 is 2.82 bits per heavy atom. The summed E-state index contributed by atoms with van der Waals surface area (Å²) in [7, 11) is 1.85. The molecule has 0 unspecified atom stereocenters. The highest BCUT2D eigenvalue weighted by Gasteiger charge is 2.09. The molecular weight excluding hydrogens is 280 g/mol. The van der Waals surface area contributed by atoms with E-state index in [-0.39, 0.29) is 6.03 Å². The number of amides is 2. The molecule has 0 aliphatic rings. The van der Waals surface area contributed by atoms with Crippen LogP contribution in [-0.2, 0) is 11.8 Å². The maximum absolute atomic E-state index is 11.8. The second-order valence-corrected chi connectivity index (χ2v) is 4.84. The SMILES string of the molecule is CCOCCCNC(=O)Nc1cc(-c2ccccc2)n(C)n1. The van der Waals surface area contributed by atoms with Crippen LogP contribution in [0, 0.1) is 0 Å². The van der Waals surface area contributed by atoms with Crippen molar-refractivity contribution in [3.05, 3.63) is 36.4 Å². The highest BCUT2D eigenvalue weighted by Crippen LogP contribution is 2.21. The van der Waals surface area contributed by atoms with E-state index in [1.54, 1.807) is 4.68 Å². The normalized spacial score (nSPS) is 10.5. The Kier molecular flexibility index (Phi) is 5.97. The highest BCUT2D eigenvalue weighted by atomic mass is 16.5. The van der Waals surface area contributed by atoms with Crippen molar-refractivity contribution in [1.82, 2.24) is 15.1 Å². The summed E-state index contributed by atoms with van der Waals surface area (Å²) in [6, 6.07) is 11.5. The van der Waals surface area contributed by atoms with Gasteiger partial charge in [-0.1, -0.05) is 30.3 Å². The summed E-state index contributed by atoms with van der Waals surface area (Å²) >= 11 is 0. The first-order valence-electron chi connectivity index (χ1n) is 7.42. The van der Waals surface area contributed by atoms with Crippen LogP contribution in [0.5, 0.6) is 0 Å². The van der Waals surface area contributed by atoms with Gasteiger partial charge >= 0.3 is 6.03 Å². The number of benzene rings is 1. The number of aryl methyl sites for hydroxylation is 1. The van der Waals surface area contributed by atoms with E-state index in [9.17, 15) is 4.79 Å². The first-order valence-corrected chi connectivity index (χ1v) is 7.42. The molecule has 0 saturated carbocycles. The van der Waals surface area contributed by atoms with Crippen molar-refractivity contribution < 1.29 is 9.53 Å². The van der Waals surface area contributed by atoms with Gasteiger partial charge in [0, 0.05) is 32.9 Å². The van der Waals surface area contributed by atoms with Crippen molar-refractivity contribution in [2.75, 3.05) is 25.1 Å². The number of aromatic nitrogens is 2. The van der Waals surface area contributed by atoms with Gasteiger partial charge in [-0.2, -0.15) is 5.10 Å². The van der Waals surface area contributed by atoms with Gasteiger partial charge in [0.25, 0.3) is 0 Å². The van der Waals surface area contributed by atoms with Gasteiger partial charge in [-0.3, -0.25) is 10.00 Å². The monoisotopic (exact) mass is 302 g/mol. The molecule has 0 saturated heterocycles. The van der Waals surface area contributed by atoms with Gasteiger partial charge < -0.3 is 10.1 Å². The molecule has 2 amide bonds. The first-order chi connectivity index (χ1) is 10.7. The lowest BCUT2D eigenvalue weighted by Gasteiger charge is -2.05. The fourth-order valence-electron chi connectivity index (χ4n) is 2.09. The molecule has 6 heteroatoms. The van der Waals surface area contributed by atoms with Crippen LogP contribution in [0.3, 0.4) is 0 Å². The minimum Gasteiger partial charge on any atom is -0.382 e. The smallest absolute Gasteiger partial charge is 0.320 e. The molecule has 2 aromatic rings. The predicted octanol–water partition coefficient (Wildman–Crippen LogP) is 2.64. The Morgan fingerprint density at radius 1 is 1.32 bits per heavy atom. The maximum Gasteiger partial charge on any atom is 0.320 e. The molecule has 6 nitrogen and oxygen atoms in total. The molecule has 0 atom stereocenters. The molecule has 22 heavy (non-hydrogen) atoms. The average molecular weight is 302 g/mol. The van der Waals surface area contributed by atoms with Crippen LogP contribution in [0.15, 0.2) is 36.4 Å². The second kappa shape index (κ2) is 8.19. The lowest BCUT2D eigenvalue weighted by molar-refractivity contribution is 0.145. The molecule has 0 fully saturated rings. The lowest BCUT2D eigenvalue weighted by atomic mass is 10.1. The van der Waals surface area contributed by atoms with Crippen molar-refractivity contribution in [2.24, 2.45) is 7.05 Å². The molecule has 0 bridgehead atoms. The van der Waals surface area contributed by atoms with Crippen LogP contribution < -0.4 is 10.6 Å². The molecule has 118 valence electrons. The van der Waals surface area contributed by atoms with Gasteiger partial charge in [-0.05, 0) is 18.9 Å². The van der Waals surface area contributed by atoms with E-state index in [1.807, 2.05) is 50.4 Å². The zero-order chi connectivity index (χ0) is 15.8. The summed E-state index contributed by atoms with van der Waals surface area (Å²) in [6.45, 7) is 3.87. The summed E-state index contributed by atoms with van der Waals surface area (Å²) < 4.78 is 6.96. The number of hydrogen-bond acceptors (Lipinski definition) is 3. The molecular formula is C16H22N4O2. The Hall–Kier alpha value is -2.34. The van der Waals surface area contributed by atoms with Crippen molar-refractivity contribution in [3.8, 4) is 11.3 Å². The van der Waals surface area contributed by atoms with E-state index in [0.717, 1.165) is 17.7 Å². The zero-order valence-corrected chi connectivity index (χ0v) is 13.0. The third kappa shape index (κ3) is 4.60. The van der Waals surface area contributed by atoms with Gasteiger partial charge in [-0.15, -0.1) is 0 Å². The molecule has 2 N–H and O–H groups in total. The van der Waals surface area contributed by atoms with E-state index in [1.165, 1.54) is 0 Å². The summed E-state index contributed by atoms with van der Waals surface area (Å²) in [5.74, 6) is 0.531. The fourth-order valence-corrected chi connectivity index (χ4v) is 2.09.